The van der Waals surface area contributed by atoms with Crippen LogP contribution in [-0.4, -0.2) is 42.0 Å². The zero-order chi connectivity index (χ0) is 27.1. The number of nitrogens with zero attached hydrogens (tertiary/aromatic N) is 1. The highest BCUT2D eigenvalue weighted by Crippen LogP contribution is 2.31. The molecule has 38 heavy (non-hydrogen) atoms. The second-order valence-electron chi connectivity index (χ2n) is 9.60. The Labute approximate surface area is 233 Å². The molecule has 0 unspecified atom stereocenters. The largest absolute Gasteiger partial charge is 0.486 e. The lowest BCUT2D eigenvalue weighted by Crippen LogP contribution is -2.51. The van der Waals surface area contributed by atoms with Crippen LogP contribution in [0.4, 0.5) is 0 Å². The van der Waals surface area contributed by atoms with Gasteiger partial charge in [-0.2, -0.15) is 0 Å². The molecule has 0 saturated heterocycles. The molecule has 8 heteroatoms. The molecule has 3 aromatic rings. The SMILES string of the molecule is CC(C)NC(=O)[C@H](Cc1ccccc1)N(Cc1ccc(Cl)cc1Cl)C(=O)CCc1ccc2c(c1)OCCO2. The monoisotopic (exact) mass is 554 g/mol. The Morgan fingerprint density at radius 1 is 0.921 bits per heavy atom. The van der Waals surface area contributed by atoms with Crippen LogP contribution in [0.1, 0.15) is 37.0 Å². The van der Waals surface area contributed by atoms with Gasteiger partial charge in [-0.3, -0.25) is 9.59 Å². The number of halogens is 2. The first kappa shape index (κ1) is 27.8. The predicted octanol–water partition coefficient (Wildman–Crippen LogP) is 5.86. The summed E-state index contributed by atoms with van der Waals surface area (Å²) in [5.41, 5.74) is 2.64. The van der Waals surface area contributed by atoms with Crippen molar-refractivity contribution in [3.63, 3.8) is 0 Å². The van der Waals surface area contributed by atoms with Gasteiger partial charge < -0.3 is 19.7 Å². The number of nitrogens with one attached hydrogen (secondary N) is 1. The van der Waals surface area contributed by atoms with E-state index in [1.807, 2.05) is 62.4 Å². The molecule has 1 aliphatic heterocycles. The number of rotatable bonds is 10. The standard InChI is InChI=1S/C30H32Cl2N2O4/c1-20(2)33-30(36)26(16-21-6-4-3-5-7-21)34(19-23-10-11-24(31)18-25(23)32)29(35)13-9-22-8-12-27-28(17-22)38-15-14-37-27/h3-8,10-12,17-18,20,26H,9,13-16,19H2,1-2H3,(H,33,36)/t26-/m0/s1. The van der Waals surface area contributed by atoms with E-state index in [0.29, 0.717) is 47.6 Å². The van der Waals surface area contributed by atoms with Gasteiger partial charge in [-0.05, 0) is 61.2 Å². The van der Waals surface area contributed by atoms with Gasteiger partial charge in [-0.15, -0.1) is 0 Å². The van der Waals surface area contributed by atoms with Crippen LogP contribution in [-0.2, 0) is 29.0 Å². The molecule has 0 fully saturated rings. The highest BCUT2D eigenvalue weighted by molar-refractivity contribution is 6.35. The zero-order valence-electron chi connectivity index (χ0n) is 21.6. The summed E-state index contributed by atoms with van der Waals surface area (Å²) in [6.45, 7) is 5.01. The zero-order valence-corrected chi connectivity index (χ0v) is 23.1. The smallest absolute Gasteiger partial charge is 0.243 e. The van der Waals surface area contributed by atoms with Crippen LogP contribution in [0.15, 0.2) is 66.7 Å². The average molecular weight is 556 g/mol. The minimum atomic E-state index is -0.723. The van der Waals surface area contributed by atoms with Crippen molar-refractivity contribution < 1.29 is 19.1 Å². The van der Waals surface area contributed by atoms with E-state index in [-0.39, 0.29) is 30.8 Å². The lowest BCUT2D eigenvalue weighted by Gasteiger charge is -2.32. The summed E-state index contributed by atoms with van der Waals surface area (Å²) < 4.78 is 11.3. The Morgan fingerprint density at radius 3 is 2.37 bits per heavy atom. The molecule has 200 valence electrons. The lowest BCUT2D eigenvalue weighted by atomic mass is 10.0. The second-order valence-corrected chi connectivity index (χ2v) is 10.4. The van der Waals surface area contributed by atoms with Gasteiger partial charge in [0.1, 0.15) is 19.3 Å². The van der Waals surface area contributed by atoms with Crippen LogP contribution in [0.2, 0.25) is 10.0 Å². The van der Waals surface area contributed by atoms with Crippen LogP contribution in [0.25, 0.3) is 0 Å². The summed E-state index contributed by atoms with van der Waals surface area (Å²) in [6, 6.07) is 19.8. The molecule has 0 saturated carbocycles. The van der Waals surface area contributed by atoms with Crippen molar-refractivity contribution in [3.05, 3.63) is 93.5 Å². The molecule has 0 radical (unpaired) electrons. The Hall–Kier alpha value is -3.22. The van der Waals surface area contributed by atoms with Crippen molar-refractivity contribution in [1.29, 1.82) is 0 Å². The molecular formula is C30H32Cl2N2O4. The molecule has 1 atom stereocenters. The van der Waals surface area contributed by atoms with Crippen molar-refractivity contribution >= 4 is 35.0 Å². The summed E-state index contributed by atoms with van der Waals surface area (Å²) in [4.78, 5) is 28.9. The number of aryl methyl sites for hydroxylation is 1. The van der Waals surface area contributed by atoms with Crippen molar-refractivity contribution in [2.24, 2.45) is 0 Å². The quantitative estimate of drug-likeness (QED) is 0.340. The van der Waals surface area contributed by atoms with Crippen molar-refractivity contribution in [1.82, 2.24) is 10.2 Å². The summed E-state index contributed by atoms with van der Waals surface area (Å²) in [6.07, 6.45) is 1.08. The van der Waals surface area contributed by atoms with Crippen LogP contribution < -0.4 is 14.8 Å². The Morgan fingerprint density at radius 2 is 1.66 bits per heavy atom. The molecular weight excluding hydrogens is 523 g/mol. The van der Waals surface area contributed by atoms with Gasteiger partial charge in [-0.25, -0.2) is 0 Å². The lowest BCUT2D eigenvalue weighted by molar-refractivity contribution is -0.141. The van der Waals surface area contributed by atoms with Crippen molar-refractivity contribution in [3.8, 4) is 11.5 Å². The highest BCUT2D eigenvalue weighted by Gasteiger charge is 2.31. The molecule has 3 aromatic carbocycles. The van der Waals surface area contributed by atoms with Gasteiger partial charge in [0.15, 0.2) is 11.5 Å². The molecule has 1 heterocycles. The fourth-order valence-electron chi connectivity index (χ4n) is 4.41. The number of carbonyl (C=O) groups is 2. The van der Waals surface area contributed by atoms with Gasteiger partial charge >= 0.3 is 0 Å². The summed E-state index contributed by atoms with van der Waals surface area (Å²) in [5, 5.41) is 3.96. The first-order chi connectivity index (χ1) is 18.3. The third kappa shape index (κ3) is 7.42. The fourth-order valence-corrected chi connectivity index (χ4v) is 4.87. The maximum Gasteiger partial charge on any atom is 0.243 e. The molecule has 4 rings (SSSR count). The normalized spacial score (nSPS) is 13.2. The summed E-state index contributed by atoms with van der Waals surface area (Å²) in [5.74, 6) is 1.04. The Kier molecular flexibility index (Phi) is 9.53. The van der Waals surface area contributed by atoms with E-state index in [0.717, 1.165) is 16.7 Å². The molecule has 6 nitrogen and oxygen atoms in total. The van der Waals surface area contributed by atoms with Gasteiger partial charge in [0.2, 0.25) is 11.8 Å². The first-order valence-electron chi connectivity index (χ1n) is 12.8. The number of carbonyl (C=O) groups excluding carboxylic acids is 2. The number of hydrogen-bond acceptors (Lipinski definition) is 4. The molecule has 0 aromatic heterocycles. The van der Waals surface area contributed by atoms with Crippen LogP contribution in [0.3, 0.4) is 0 Å². The van der Waals surface area contributed by atoms with E-state index in [2.05, 4.69) is 5.32 Å². The van der Waals surface area contributed by atoms with E-state index in [9.17, 15) is 9.59 Å². The van der Waals surface area contributed by atoms with Gasteiger partial charge in [0.05, 0.1) is 0 Å². The summed E-state index contributed by atoms with van der Waals surface area (Å²) >= 11 is 12.6. The Bertz CT molecular complexity index is 1270. The third-order valence-electron chi connectivity index (χ3n) is 6.29. The minimum absolute atomic E-state index is 0.0745. The highest BCUT2D eigenvalue weighted by atomic mass is 35.5. The number of benzene rings is 3. The van der Waals surface area contributed by atoms with E-state index in [4.69, 9.17) is 32.7 Å². The molecule has 0 bridgehead atoms. The average Bonchev–Trinajstić information content (AvgIpc) is 2.90. The molecule has 1 aliphatic rings. The Balaban J connectivity index is 1.61. The van der Waals surface area contributed by atoms with Gasteiger partial charge in [0, 0.05) is 35.5 Å². The predicted molar refractivity (Wildman–Crippen MR) is 150 cm³/mol. The second kappa shape index (κ2) is 13.0. The molecule has 2 amide bonds. The molecule has 0 spiro atoms. The van der Waals surface area contributed by atoms with Crippen LogP contribution >= 0.6 is 23.2 Å². The number of hydrogen-bond donors (Lipinski definition) is 1. The number of amides is 2. The van der Waals surface area contributed by atoms with E-state index in [1.165, 1.54) is 0 Å². The third-order valence-corrected chi connectivity index (χ3v) is 6.88. The number of ether oxygens (including phenoxy) is 2. The number of fused-ring (bicyclic) bond motifs is 1. The van der Waals surface area contributed by atoms with E-state index >= 15 is 0 Å². The first-order valence-corrected chi connectivity index (χ1v) is 13.5. The van der Waals surface area contributed by atoms with E-state index < -0.39 is 6.04 Å². The molecule has 1 N–H and O–H groups in total. The topological polar surface area (TPSA) is 67.9 Å². The molecule has 0 aliphatic carbocycles. The fraction of sp³-hybridized carbons (Fsp3) is 0.333. The van der Waals surface area contributed by atoms with Gasteiger partial charge in [0.25, 0.3) is 0 Å². The minimum Gasteiger partial charge on any atom is -0.486 e. The maximum absolute atomic E-state index is 13.8. The van der Waals surface area contributed by atoms with Crippen molar-refractivity contribution in [2.75, 3.05) is 13.2 Å². The van der Waals surface area contributed by atoms with Crippen LogP contribution in [0.5, 0.6) is 11.5 Å². The maximum atomic E-state index is 13.8. The van der Waals surface area contributed by atoms with E-state index in [1.54, 1.807) is 23.1 Å². The van der Waals surface area contributed by atoms with Crippen LogP contribution in [0, 0.1) is 0 Å². The summed E-state index contributed by atoms with van der Waals surface area (Å²) in [7, 11) is 0. The van der Waals surface area contributed by atoms with Gasteiger partial charge in [-0.1, -0.05) is 65.7 Å². The van der Waals surface area contributed by atoms with Crippen molar-refractivity contribution in [2.45, 2.75) is 51.7 Å².